The molecule has 7 nitrogen and oxygen atoms in total. The Hall–Kier alpha value is -2.12. The largest absolute Gasteiger partial charge is 0.465 e. The lowest BCUT2D eigenvalue weighted by molar-refractivity contribution is 0.0814. The van der Waals surface area contributed by atoms with E-state index >= 15 is 0 Å². The van der Waals surface area contributed by atoms with Crippen molar-refractivity contribution in [3.63, 3.8) is 0 Å². The van der Waals surface area contributed by atoms with Crippen molar-refractivity contribution >= 4 is 47.7 Å². The zero-order valence-corrected chi connectivity index (χ0v) is 21.5. The van der Waals surface area contributed by atoms with Gasteiger partial charge in [-0.2, -0.15) is 5.10 Å². The standard InChI is InChI=1S/C21H25F2IN4O3Si/c1-27(21(29)30)11-13-7-15(22)19(16(23)8-13)17-9-14-18(10-25-17)28(26-20(14)24)12-31-5-6-32(2,3)4/h7-10H,5-6,11-12H2,1-4H3,(H,29,30). The zero-order chi connectivity index (χ0) is 23.6. The van der Waals surface area contributed by atoms with Crippen LogP contribution in [0.5, 0.6) is 0 Å². The molecule has 0 saturated carbocycles. The summed E-state index contributed by atoms with van der Waals surface area (Å²) in [4.78, 5) is 16.2. The van der Waals surface area contributed by atoms with Gasteiger partial charge in [-0.05, 0) is 52.4 Å². The predicted octanol–water partition coefficient (Wildman–Crippen LogP) is 5.40. The van der Waals surface area contributed by atoms with E-state index in [1.165, 1.54) is 13.2 Å². The number of nitrogens with zero attached hydrogens (tertiary/aromatic N) is 4. The van der Waals surface area contributed by atoms with Gasteiger partial charge in [-0.1, -0.05) is 19.6 Å². The summed E-state index contributed by atoms with van der Waals surface area (Å²) in [5.74, 6) is -1.61. The molecule has 1 aromatic carbocycles. The van der Waals surface area contributed by atoms with Crippen molar-refractivity contribution in [1.29, 1.82) is 0 Å². The number of hydrogen-bond acceptors (Lipinski definition) is 4. The van der Waals surface area contributed by atoms with Gasteiger partial charge >= 0.3 is 6.09 Å². The van der Waals surface area contributed by atoms with Gasteiger partial charge in [0, 0.05) is 33.7 Å². The fraction of sp³-hybridized carbons (Fsp3) is 0.381. The molecule has 2 heterocycles. The van der Waals surface area contributed by atoms with Crippen LogP contribution in [-0.2, 0) is 18.0 Å². The molecular formula is C21H25F2IN4O3Si. The van der Waals surface area contributed by atoms with Crippen LogP contribution in [0.25, 0.3) is 22.2 Å². The van der Waals surface area contributed by atoms with E-state index in [0.717, 1.165) is 28.5 Å². The maximum atomic E-state index is 14.8. The van der Waals surface area contributed by atoms with Crippen molar-refractivity contribution in [3.8, 4) is 11.3 Å². The number of benzene rings is 1. The Morgan fingerprint density at radius 1 is 1.25 bits per heavy atom. The number of carbonyl (C=O) groups is 1. The minimum absolute atomic E-state index is 0.127. The summed E-state index contributed by atoms with van der Waals surface area (Å²) in [6, 6.07) is 4.91. The van der Waals surface area contributed by atoms with E-state index in [0.29, 0.717) is 15.8 Å². The molecule has 0 saturated heterocycles. The first-order chi connectivity index (χ1) is 15.0. The van der Waals surface area contributed by atoms with Gasteiger partial charge in [-0.3, -0.25) is 4.98 Å². The van der Waals surface area contributed by atoms with Crippen LogP contribution < -0.4 is 0 Å². The Morgan fingerprint density at radius 2 is 1.91 bits per heavy atom. The number of fused-ring (bicyclic) bond motifs is 1. The quantitative estimate of drug-likeness (QED) is 0.221. The van der Waals surface area contributed by atoms with Crippen LogP contribution in [-0.4, -0.2) is 52.6 Å². The van der Waals surface area contributed by atoms with Crippen LogP contribution >= 0.6 is 22.6 Å². The monoisotopic (exact) mass is 574 g/mol. The minimum Gasteiger partial charge on any atom is -0.465 e. The van der Waals surface area contributed by atoms with Crippen molar-refractivity contribution < 1.29 is 23.4 Å². The van der Waals surface area contributed by atoms with E-state index < -0.39 is 25.8 Å². The molecule has 3 rings (SSSR count). The van der Waals surface area contributed by atoms with E-state index in [4.69, 9.17) is 9.84 Å². The Bertz CT molecular complexity index is 1130. The number of carboxylic acid groups (broad SMARTS) is 1. The minimum atomic E-state index is -1.19. The summed E-state index contributed by atoms with van der Waals surface area (Å²) in [6.07, 6.45) is 0.352. The van der Waals surface area contributed by atoms with E-state index in [2.05, 4.69) is 52.3 Å². The molecule has 0 atom stereocenters. The number of amides is 1. The first kappa shape index (κ1) is 24.5. The number of aromatic nitrogens is 3. The number of ether oxygens (including phenoxy) is 1. The molecule has 3 aromatic rings. The fourth-order valence-corrected chi connectivity index (χ4v) is 4.55. The molecule has 0 radical (unpaired) electrons. The molecule has 1 amide bonds. The molecule has 11 heteroatoms. The van der Waals surface area contributed by atoms with Gasteiger partial charge in [0.15, 0.2) is 0 Å². The molecule has 0 bridgehead atoms. The SMILES string of the molecule is CN(Cc1cc(F)c(-c2cc3c(I)nn(COCC[Si](C)(C)C)c3cn2)c(F)c1)C(=O)O. The van der Waals surface area contributed by atoms with Crippen LogP contribution in [0.4, 0.5) is 13.6 Å². The first-order valence-corrected chi connectivity index (χ1v) is 14.8. The predicted molar refractivity (Wildman–Crippen MR) is 129 cm³/mol. The van der Waals surface area contributed by atoms with Crippen molar-refractivity contribution in [1.82, 2.24) is 19.7 Å². The van der Waals surface area contributed by atoms with Gasteiger partial charge in [0.05, 0.1) is 23.0 Å². The third-order valence-corrected chi connectivity index (χ3v) is 7.41. The van der Waals surface area contributed by atoms with Gasteiger partial charge in [-0.25, -0.2) is 18.3 Å². The maximum Gasteiger partial charge on any atom is 0.407 e. The smallest absolute Gasteiger partial charge is 0.407 e. The lowest BCUT2D eigenvalue weighted by Gasteiger charge is -2.15. The summed E-state index contributed by atoms with van der Waals surface area (Å²) >= 11 is 2.07. The van der Waals surface area contributed by atoms with Crippen LogP contribution in [0.15, 0.2) is 24.4 Å². The topological polar surface area (TPSA) is 80.5 Å². The average Bonchev–Trinajstić information content (AvgIpc) is 2.99. The number of hydrogen-bond donors (Lipinski definition) is 1. The van der Waals surface area contributed by atoms with Gasteiger partial charge in [0.25, 0.3) is 0 Å². The summed E-state index contributed by atoms with van der Waals surface area (Å²) in [6.45, 7) is 7.65. The number of halogens is 3. The molecule has 0 aliphatic carbocycles. The molecule has 172 valence electrons. The van der Waals surface area contributed by atoms with Crippen molar-refractivity contribution in [2.24, 2.45) is 0 Å². The summed E-state index contributed by atoms with van der Waals surface area (Å²) in [7, 11) is 0.139. The highest BCUT2D eigenvalue weighted by atomic mass is 127. The van der Waals surface area contributed by atoms with E-state index in [1.807, 2.05) is 0 Å². The Morgan fingerprint density at radius 3 is 2.50 bits per heavy atom. The van der Waals surface area contributed by atoms with E-state index in [9.17, 15) is 13.6 Å². The number of rotatable bonds is 8. The molecule has 0 unspecified atom stereocenters. The van der Waals surface area contributed by atoms with Gasteiger partial charge < -0.3 is 14.7 Å². The van der Waals surface area contributed by atoms with Crippen LogP contribution in [0.2, 0.25) is 25.7 Å². The maximum absolute atomic E-state index is 14.8. The average molecular weight is 574 g/mol. The molecule has 32 heavy (non-hydrogen) atoms. The van der Waals surface area contributed by atoms with E-state index in [-0.39, 0.29) is 30.1 Å². The molecular weight excluding hydrogens is 549 g/mol. The third-order valence-electron chi connectivity index (χ3n) is 4.91. The second kappa shape index (κ2) is 9.79. The molecule has 0 fully saturated rings. The van der Waals surface area contributed by atoms with Gasteiger partial charge in [-0.15, -0.1) is 0 Å². The van der Waals surface area contributed by atoms with Crippen molar-refractivity contribution in [2.45, 2.75) is 39.0 Å². The highest BCUT2D eigenvalue weighted by molar-refractivity contribution is 14.1. The molecule has 0 spiro atoms. The second-order valence-electron chi connectivity index (χ2n) is 8.80. The lowest BCUT2D eigenvalue weighted by atomic mass is 10.1. The van der Waals surface area contributed by atoms with Crippen LogP contribution in [0, 0.1) is 15.3 Å². The van der Waals surface area contributed by atoms with Crippen molar-refractivity contribution in [2.75, 3.05) is 13.7 Å². The Balaban J connectivity index is 1.86. The van der Waals surface area contributed by atoms with Crippen LogP contribution in [0.1, 0.15) is 5.56 Å². The Labute approximate surface area is 199 Å². The molecule has 1 N–H and O–H groups in total. The fourth-order valence-electron chi connectivity index (χ4n) is 3.10. The lowest BCUT2D eigenvalue weighted by Crippen LogP contribution is -2.24. The highest BCUT2D eigenvalue weighted by Gasteiger charge is 2.19. The summed E-state index contributed by atoms with van der Waals surface area (Å²) < 4.78 is 37.7. The molecule has 0 aliphatic heterocycles. The normalized spacial score (nSPS) is 11.8. The third kappa shape index (κ3) is 5.81. The highest BCUT2D eigenvalue weighted by Crippen LogP contribution is 2.30. The van der Waals surface area contributed by atoms with Gasteiger partial charge in [0.1, 0.15) is 22.1 Å². The molecule has 2 aromatic heterocycles. The number of pyridine rings is 1. The Kier molecular flexibility index (Phi) is 7.50. The first-order valence-electron chi connectivity index (χ1n) is 9.98. The van der Waals surface area contributed by atoms with Gasteiger partial charge in [0.2, 0.25) is 0 Å². The summed E-state index contributed by atoms with van der Waals surface area (Å²) in [5, 5.41) is 14.1. The van der Waals surface area contributed by atoms with Crippen molar-refractivity contribution in [3.05, 3.63) is 45.3 Å². The molecule has 0 aliphatic rings. The van der Waals surface area contributed by atoms with Crippen LogP contribution in [0.3, 0.4) is 0 Å². The second-order valence-corrected chi connectivity index (χ2v) is 15.4. The van der Waals surface area contributed by atoms with E-state index in [1.54, 1.807) is 10.7 Å². The summed E-state index contributed by atoms with van der Waals surface area (Å²) in [5.41, 5.74) is 0.811. The zero-order valence-electron chi connectivity index (χ0n) is 18.3.